The summed E-state index contributed by atoms with van der Waals surface area (Å²) in [7, 11) is -4.16. The maximum Gasteiger partial charge on any atom is 0.294 e. The fraction of sp³-hybridized carbons (Fsp3) is 0.474. The second-order valence-corrected chi connectivity index (χ2v) is 9.15. The number of rotatable bonds is 1. The fourth-order valence-corrected chi connectivity index (χ4v) is 6.06. The molecule has 0 saturated carbocycles. The molecule has 3 aliphatic rings. The van der Waals surface area contributed by atoms with Crippen LogP contribution in [0.3, 0.4) is 0 Å². The van der Waals surface area contributed by atoms with Crippen molar-refractivity contribution in [3.63, 3.8) is 0 Å². The summed E-state index contributed by atoms with van der Waals surface area (Å²) in [6, 6.07) is 1.76. The summed E-state index contributed by atoms with van der Waals surface area (Å²) >= 11 is 0. The van der Waals surface area contributed by atoms with E-state index in [0.717, 1.165) is 30.2 Å². The first-order chi connectivity index (χ1) is 10.8. The van der Waals surface area contributed by atoms with Gasteiger partial charge in [0.05, 0.1) is 4.90 Å². The molecule has 0 bridgehead atoms. The van der Waals surface area contributed by atoms with Crippen molar-refractivity contribution in [2.45, 2.75) is 62.7 Å². The Labute approximate surface area is 136 Å². The van der Waals surface area contributed by atoms with E-state index in [0.29, 0.717) is 17.8 Å². The molecule has 0 aliphatic heterocycles. The van der Waals surface area contributed by atoms with Gasteiger partial charge in [-0.05, 0) is 87.2 Å². The fourth-order valence-electron chi connectivity index (χ4n) is 5.29. The third kappa shape index (κ3) is 1.52. The molecule has 0 spiro atoms. The van der Waals surface area contributed by atoms with Crippen LogP contribution in [0.5, 0.6) is 0 Å². The zero-order valence-electron chi connectivity index (χ0n) is 13.6. The van der Waals surface area contributed by atoms with Gasteiger partial charge < -0.3 is 0 Å². The van der Waals surface area contributed by atoms with Crippen LogP contribution in [-0.4, -0.2) is 13.0 Å². The van der Waals surface area contributed by atoms with Gasteiger partial charge in [0, 0.05) is 0 Å². The smallest absolute Gasteiger partial charge is 0.282 e. The summed E-state index contributed by atoms with van der Waals surface area (Å²) < 4.78 is 33.4. The molecule has 2 aromatic carbocycles. The Balaban J connectivity index is 1.99. The monoisotopic (exact) mass is 328 g/mol. The summed E-state index contributed by atoms with van der Waals surface area (Å²) in [6.45, 7) is 6.67. The van der Waals surface area contributed by atoms with Crippen LogP contribution in [-0.2, 0) is 29.4 Å². The number of hydrogen-bond acceptors (Lipinski definition) is 2. The molecule has 0 saturated heterocycles. The number of benzene rings is 2. The lowest BCUT2D eigenvalue weighted by Gasteiger charge is -2.43. The molecule has 0 amide bonds. The molecule has 3 unspecified atom stereocenters. The summed E-state index contributed by atoms with van der Waals surface area (Å²) in [6.07, 6.45) is 2.95. The van der Waals surface area contributed by atoms with Crippen LogP contribution in [0.15, 0.2) is 11.0 Å². The Morgan fingerprint density at radius 3 is 2.00 bits per heavy atom. The highest BCUT2D eigenvalue weighted by atomic mass is 32.2. The lowest BCUT2D eigenvalue weighted by atomic mass is 9.61. The van der Waals surface area contributed by atoms with Crippen LogP contribution < -0.4 is 0 Å². The molecule has 0 heterocycles. The van der Waals surface area contributed by atoms with Gasteiger partial charge in [0.2, 0.25) is 0 Å². The van der Waals surface area contributed by atoms with E-state index in [1.165, 1.54) is 33.2 Å². The highest BCUT2D eigenvalue weighted by molar-refractivity contribution is 7.85. The van der Waals surface area contributed by atoms with Crippen LogP contribution >= 0.6 is 0 Å². The Bertz CT molecular complexity index is 1020. The largest absolute Gasteiger partial charge is 0.294 e. The Morgan fingerprint density at radius 2 is 1.43 bits per heavy atom. The average Bonchev–Trinajstić information content (AvgIpc) is 2.41. The van der Waals surface area contributed by atoms with E-state index < -0.39 is 10.1 Å². The molecule has 3 aliphatic carbocycles. The van der Waals surface area contributed by atoms with E-state index in [-0.39, 0.29) is 4.90 Å². The van der Waals surface area contributed by atoms with E-state index in [1.54, 1.807) is 6.07 Å². The predicted molar refractivity (Wildman–Crippen MR) is 90.1 cm³/mol. The molecule has 0 radical (unpaired) electrons. The molecular weight excluding hydrogens is 308 g/mol. The van der Waals surface area contributed by atoms with Crippen molar-refractivity contribution in [1.29, 1.82) is 0 Å². The molecule has 3 nitrogen and oxygen atoms in total. The van der Waals surface area contributed by atoms with Crippen LogP contribution in [0.1, 0.15) is 71.9 Å². The molecule has 5 rings (SSSR count). The first kappa shape index (κ1) is 14.0. The molecular formula is C19H20O3S. The van der Waals surface area contributed by atoms with Gasteiger partial charge >= 0.3 is 0 Å². The van der Waals surface area contributed by atoms with Crippen molar-refractivity contribution in [2.24, 2.45) is 0 Å². The van der Waals surface area contributed by atoms with Gasteiger partial charge in [-0.1, -0.05) is 20.8 Å². The average molecular weight is 328 g/mol. The SMILES string of the molecule is CC1Cc2c1c1c(c3cc(S(=O)(=O)O)c4c(c23)C(C)C4)C(C)C1. The highest BCUT2D eigenvalue weighted by Crippen LogP contribution is 2.56. The molecule has 0 fully saturated rings. The summed E-state index contributed by atoms with van der Waals surface area (Å²) in [4.78, 5) is 0.145. The Hall–Kier alpha value is -1.39. The van der Waals surface area contributed by atoms with Gasteiger partial charge in [-0.15, -0.1) is 0 Å². The molecule has 0 aromatic heterocycles. The molecule has 120 valence electrons. The maximum atomic E-state index is 11.9. The summed E-state index contributed by atoms with van der Waals surface area (Å²) in [5.41, 5.74) is 7.79. The van der Waals surface area contributed by atoms with Gasteiger partial charge in [-0.3, -0.25) is 4.55 Å². The molecule has 2 aromatic rings. The quantitative estimate of drug-likeness (QED) is 0.803. The van der Waals surface area contributed by atoms with Gasteiger partial charge in [-0.2, -0.15) is 8.42 Å². The van der Waals surface area contributed by atoms with Crippen molar-refractivity contribution in [1.82, 2.24) is 0 Å². The molecule has 23 heavy (non-hydrogen) atoms. The highest BCUT2D eigenvalue weighted by Gasteiger charge is 2.41. The summed E-state index contributed by atoms with van der Waals surface area (Å²) in [5.74, 6) is 1.49. The summed E-state index contributed by atoms with van der Waals surface area (Å²) in [5, 5.41) is 2.40. The van der Waals surface area contributed by atoms with Crippen molar-refractivity contribution in [3.05, 3.63) is 39.4 Å². The number of fused-ring (bicyclic) bond motifs is 8. The third-order valence-corrected chi connectivity index (χ3v) is 7.21. The maximum absolute atomic E-state index is 11.9. The minimum Gasteiger partial charge on any atom is -0.282 e. The lowest BCUT2D eigenvalue weighted by molar-refractivity contribution is 0.479. The van der Waals surface area contributed by atoms with E-state index in [2.05, 4.69) is 20.8 Å². The standard InChI is InChI=1S/C19H20O3S/c1-8-5-12-16-9(2)6-13(16)19-14(17(8)12)7-15(23(20,21)22)11-4-10(3)18(11)19/h7-10H,4-6H2,1-3H3,(H,20,21,22). The second kappa shape index (κ2) is 3.98. The molecule has 1 N–H and O–H groups in total. The van der Waals surface area contributed by atoms with Gasteiger partial charge in [-0.25, -0.2) is 0 Å². The van der Waals surface area contributed by atoms with Gasteiger partial charge in [0.25, 0.3) is 10.1 Å². The minimum atomic E-state index is -4.16. The van der Waals surface area contributed by atoms with E-state index in [9.17, 15) is 13.0 Å². The first-order valence-electron chi connectivity index (χ1n) is 8.43. The van der Waals surface area contributed by atoms with Crippen molar-refractivity contribution in [3.8, 4) is 0 Å². The van der Waals surface area contributed by atoms with Gasteiger partial charge in [0.1, 0.15) is 0 Å². The minimum absolute atomic E-state index is 0.145. The topological polar surface area (TPSA) is 54.4 Å². The second-order valence-electron chi connectivity index (χ2n) is 7.76. The van der Waals surface area contributed by atoms with E-state index in [1.807, 2.05) is 0 Å². The number of hydrogen-bond donors (Lipinski definition) is 1. The normalized spacial score (nSPS) is 27.4. The van der Waals surface area contributed by atoms with Crippen LogP contribution in [0.25, 0.3) is 10.8 Å². The van der Waals surface area contributed by atoms with Crippen molar-refractivity contribution >= 4 is 20.9 Å². The van der Waals surface area contributed by atoms with Crippen LogP contribution in [0.4, 0.5) is 0 Å². The third-order valence-electron chi connectivity index (χ3n) is 6.29. The molecule has 3 atom stereocenters. The van der Waals surface area contributed by atoms with Crippen molar-refractivity contribution in [2.75, 3.05) is 0 Å². The zero-order valence-corrected chi connectivity index (χ0v) is 14.4. The Morgan fingerprint density at radius 1 is 0.870 bits per heavy atom. The van der Waals surface area contributed by atoms with Crippen LogP contribution in [0.2, 0.25) is 0 Å². The van der Waals surface area contributed by atoms with Gasteiger partial charge in [0.15, 0.2) is 0 Å². The predicted octanol–water partition coefficient (Wildman–Crippen LogP) is 4.07. The zero-order chi connectivity index (χ0) is 16.3. The van der Waals surface area contributed by atoms with Crippen molar-refractivity contribution < 1.29 is 13.0 Å². The Kier molecular flexibility index (Phi) is 2.42. The van der Waals surface area contributed by atoms with E-state index >= 15 is 0 Å². The van der Waals surface area contributed by atoms with E-state index in [4.69, 9.17) is 0 Å². The first-order valence-corrected chi connectivity index (χ1v) is 9.87. The van der Waals surface area contributed by atoms with Crippen LogP contribution in [0, 0.1) is 0 Å². The molecule has 4 heteroatoms. The lowest BCUT2D eigenvalue weighted by Crippen LogP contribution is -2.29.